The molecule has 40 heavy (non-hydrogen) atoms. The van der Waals surface area contributed by atoms with Crippen LogP contribution >= 0.6 is 11.6 Å². The lowest BCUT2D eigenvalue weighted by atomic mass is 9.94. The summed E-state index contributed by atoms with van der Waals surface area (Å²) in [7, 11) is 1.66. The largest absolute Gasteiger partial charge is 0.497 e. The number of hydrogen-bond acceptors (Lipinski definition) is 4. The number of H-pyrrole nitrogens is 2. The van der Waals surface area contributed by atoms with E-state index in [-0.39, 0.29) is 17.4 Å². The van der Waals surface area contributed by atoms with Crippen molar-refractivity contribution >= 4 is 45.0 Å². The number of piperidine rings is 1. The number of aromatic nitrogens is 2. The molecule has 8 heteroatoms. The molecule has 1 unspecified atom stereocenters. The van der Waals surface area contributed by atoms with Crippen LogP contribution in [0.15, 0.2) is 77.7 Å². The predicted molar refractivity (Wildman–Crippen MR) is 162 cm³/mol. The zero-order chi connectivity index (χ0) is 27.6. The zero-order valence-electron chi connectivity index (χ0n) is 22.3. The number of rotatable bonds is 7. The third-order valence-corrected chi connectivity index (χ3v) is 8.03. The highest BCUT2D eigenvalue weighted by atomic mass is 35.5. The average Bonchev–Trinajstić information content (AvgIpc) is 3.39. The van der Waals surface area contributed by atoms with Crippen molar-refractivity contribution in [3.05, 3.63) is 93.9 Å². The Bertz CT molecular complexity index is 1740. The predicted octanol–water partition coefficient (Wildman–Crippen LogP) is 5.91. The molecule has 0 radical (unpaired) electrons. The molecule has 1 saturated heterocycles. The van der Waals surface area contributed by atoms with E-state index < -0.39 is 0 Å². The molecular formula is C32H31ClN4O3. The Hall–Kier alpha value is -4.23. The van der Waals surface area contributed by atoms with Gasteiger partial charge in [0.25, 0.3) is 5.56 Å². The second kappa shape index (κ2) is 11.1. The molecule has 7 nitrogen and oxygen atoms in total. The van der Waals surface area contributed by atoms with Crippen molar-refractivity contribution in [3.8, 4) is 16.9 Å². The van der Waals surface area contributed by atoms with E-state index in [1.54, 1.807) is 13.2 Å². The summed E-state index contributed by atoms with van der Waals surface area (Å²) in [6.45, 7) is 1.71. The average molecular weight is 555 g/mol. The fourth-order valence-corrected chi connectivity index (χ4v) is 5.98. The molecular weight excluding hydrogens is 524 g/mol. The van der Waals surface area contributed by atoms with Crippen molar-refractivity contribution < 1.29 is 9.53 Å². The molecule has 2 aromatic heterocycles. The van der Waals surface area contributed by atoms with E-state index in [0.717, 1.165) is 57.1 Å². The number of aromatic amines is 2. The Kier molecular flexibility index (Phi) is 7.22. The van der Waals surface area contributed by atoms with E-state index in [9.17, 15) is 9.59 Å². The molecule has 1 aliphatic rings. The topological polar surface area (TPSA) is 90.2 Å². The Morgan fingerprint density at radius 3 is 2.73 bits per heavy atom. The Morgan fingerprint density at radius 1 is 1.07 bits per heavy atom. The van der Waals surface area contributed by atoms with E-state index >= 15 is 0 Å². The minimum atomic E-state index is -0.213. The molecule has 0 aliphatic carbocycles. The lowest BCUT2D eigenvalue weighted by molar-refractivity contribution is -0.125. The van der Waals surface area contributed by atoms with Gasteiger partial charge in [-0.3, -0.25) is 9.59 Å². The minimum absolute atomic E-state index is 0.0173. The summed E-state index contributed by atoms with van der Waals surface area (Å²) < 4.78 is 5.37. The Labute approximate surface area is 237 Å². The van der Waals surface area contributed by atoms with Gasteiger partial charge in [-0.05, 0) is 66.8 Å². The molecule has 1 aliphatic heterocycles. The van der Waals surface area contributed by atoms with Gasteiger partial charge in [0, 0.05) is 58.2 Å². The maximum atomic E-state index is 13.5. The molecule has 3 aromatic carbocycles. The van der Waals surface area contributed by atoms with E-state index in [1.165, 1.54) is 0 Å². The van der Waals surface area contributed by atoms with E-state index in [4.69, 9.17) is 16.3 Å². The maximum Gasteiger partial charge on any atom is 0.272 e. The molecule has 1 amide bonds. The quantitative estimate of drug-likeness (QED) is 0.233. The van der Waals surface area contributed by atoms with Crippen LogP contribution in [0.1, 0.15) is 18.4 Å². The first-order chi connectivity index (χ1) is 19.5. The molecule has 5 aromatic rings. The number of nitrogens with zero attached hydrogens (tertiary/aromatic N) is 1. The van der Waals surface area contributed by atoms with Crippen LogP contribution in [-0.4, -0.2) is 42.6 Å². The summed E-state index contributed by atoms with van der Waals surface area (Å²) in [6, 6.07) is 21.4. The van der Waals surface area contributed by atoms with Gasteiger partial charge in [0.15, 0.2) is 0 Å². The number of ether oxygens (including phenoxy) is 1. The summed E-state index contributed by atoms with van der Waals surface area (Å²) >= 11 is 6.39. The third kappa shape index (κ3) is 5.05. The van der Waals surface area contributed by atoms with Crippen LogP contribution in [0.25, 0.3) is 32.9 Å². The fraction of sp³-hybridized carbons (Fsp3) is 0.250. The van der Waals surface area contributed by atoms with Gasteiger partial charge in [0.05, 0.1) is 13.0 Å². The Morgan fingerprint density at radius 2 is 1.90 bits per heavy atom. The highest BCUT2D eigenvalue weighted by molar-refractivity contribution is 6.31. The van der Waals surface area contributed by atoms with Crippen molar-refractivity contribution in [1.82, 2.24) is 15.3 Å². The van der Waals surface area contributed by atoms with Gasteiger partial charge in [-0.15, -0.1) is 0 Å². The van der Waals surface area contributed by atoms with Gasteiger partial charge < -0.3 is 24.9 Å². The number of benzene rings is 3. The first kappa shape index (κ1) is 26.0. The molecule has 0 spiro atoms. The lowest BCUT2D eigenvalue weighted by Gasteiger charge is -2.34. The molecule has 3 N–H and O–H groups in total. The number of pyridine rings is 1. The number of hydrogen-bond donors (Lipinski definition) is 3. The zero-order valence-corrected chi connectivity index (χ0v) is 23.1. The van der Waals surface area contributed by atoms with E-state index in [0.29, 0.717) is 36.8 Å². The smallest absolute Gasteiger partial charge is 0.272 e. The van der Waals surface area contributed by atoms with Gasteiger partial charge in [-0.2, -0.15) is 0 Å². The molecule has 204 valence electrons. The third-order valence-electron chi connectivity index (χ3n) is 7.79. The summed E-state index contributed by atoms with van der Waals surface area (Å²) in [6.07, 6.45) is 4.30. The molecule has 0 saturated carbocycles. The van der Waals surface area contributed by atoms with Crippen molar-refractivity contribution in [2.45, 2.75) is 19.3 Å². The van der Waals surface area contributed by atoms with Gasteiger partial charge in [0.2, 0.25) is 5.91 Å². The van der Waals surface area contributed by atoms with Gasteiger partial charge in [-0.1, -0.05) is 41.9 Å². The number of halogens is 1. The van der Waals surface area contributed by atoms with Crippen LogP contribution in [-0.2, 0) is 11.2 Å². The molecule has 1 fully saturated rings. The van der Waals surface area contributed by atoms with Crippen LogP contribution in [0.2, 0.25) is 5.02 Å². The van der Waals surface area contributed by atoms with Crippen molar-refractivity contribution in [1.29, 1.82) is 0 Å². The van der Waals surface area contributed by atoms with Crippen LogP contribution in [0, 0.1) is 5.92 Å². The van der Waals surface area contributed by atoms with Crippen LogP contribution < -0.4 is 20.5 Å². The standard InChI is InChI=1S/C32H31ClN4O3/c1-40-24-10-12-27-25(17-24)21(18-35-27)13-14-34-31(38)22-8-5-15-37(19-22)30-29(20-6-3-2-4-7-20)26-16-23(33)9-11-28(26)36-32(30)39/h2-4,6-7,9-12,16-18,22,35H,5,8,13-15,19H2,1H3,(H,34,38)(H,36,39). The van der Waals surface area contributed by atoms with Crippen LogP contribution in [0.4, 0.5) is 5.69 Å². The van der Waals surface area contributed by atoms with E-state index in [2.05, 4.69) is 20.2 Å². The highest BCUT2D eigenvalue weighted by Crippen LogP contribution is 2.37. The van der Waals surface area contributed by atoms with Crippen LogP contribution in [0.3, 0.4) is 0 Å². The number of anilines is 1. The fourth-order valence-electron chi connectivity index (χ4n) is 5.80. The van der Waals surface area contributed by atoms with Crippen molar-refractivity contribution in [2.75, 3.05) is 31.6 Å². The minimum Gasteiger partial charge on any atom is -0.497 e. The van der Waals surface area contributed by atoms with E-state index in [1.807, 2.05) is 66.9 Å². The first-order valence-electron chi connectivity index (χ1n) is 13.6. The lowest BCUT2D eigenvalue weighted by Crippen LogP contribution is -2.45. The summed E-state index contributed by atoms with van der Waals surface area (Å²) in [4.78, 5) is 35.2. The first-order valence-corrected chi connectivity index (χ1v) is 14.0. The molecule has 3 heterocycles. The van der Waals surface area contributed by atoms with Crippen molar-refractivity contribution in [3.63, 3.8) is 0 Å². The summed E-state index contributed by atoms with van der Waals surface area (Å²) in [5, 5.41) is 5.73. The summed E-state index contributed by atoms with van der Waals surface area (Å²) in [5.74, 6) is 0.610. The van der Waals surface area contributed by atoms with Gasteiger partial charge >= 0.3 is 0 Å². The highest BCUT2D eigenvalue weighted by Gasteiger charge is 2.29. The maximum absolute atomic E-state index is 13.5. The normalized spacial score (nSPS) is 15.4. The van der Waals surface area contributed by atoms with Crippen LogP contribution in [0.5, 0.6) is 5.75 Å². The number of amides is 1. The second-order valence-corrected chi connectivity index (χ2v) is 10.7. The SMILES string of the molecule is COc1ccc2[nH]cc(CCNC(=O)C3CCCN(c4c(-c5ccccc5)c5cc(Cl)ccc5[nH]c4=O)C3)c2c1. The number of nitrogens with one attached hydrogen (secondary N) is 3. The van der Waals surface area contributed by atoms with Crippen molar-refractivity contribution in [2.24, 2.45) is 5.92 Å². The summed E-state index contributed by atoms with van der Waals surface area (Å²) in [5.41, 5.74) is 5.12. The van der Waals surface area contributed by atoms with Gasteiger partial charge in [-0.25, -0.2) is 0 Å². The molecule has 6 rings (SSSR count). The molecule has 1 atom stereocenters. The Balaban J connectivity index is 1.23. The van der Waals surface area contributed by atoms with Gasteiger partial charge in [0.1, 0.15) is 11.4 Å². The monoisotopic (exact) mass is 554 g/mol. The number of carbonyl (C=O) groups excluding carboxylic acids is 1. The number of fused-ring (bicyclic) bond motifs is 2. The molecule has 0 bridgehead atoms. The number of methoxy groups -OCH3 is 1. The number of carbonyl (C=O) groups is 1. The second-order valence-electron chi connectivity index (χ2n) is 10.3.